The summed E-state index contributed by atoms with van der Waals surface area (Å²) in [5.74, 6) is 0.833. The summed E-state index contributed by atoms with van der Waals surface area (Å²) in [4.78, 5) is 23.7. The van der Waals surface area contributed by atoms with E-state index in [2.05, 4.69) is 40.6 Å². The Morgan fingerprint density at radius 3 is 2.08 bits per heavy atom. The molecule has 0 aliphatic carbocycles. The van der Waals surface area contributed by atoms with Crippen molar-refractivity contribution < 1.29 is 5.11 Å². The largest absolute Gasteiger partial charge is 0.400 e. The van der Waals surface area contributed by atoms with Crippen molar-refractivity contribution in [2.75, 3.05) is 20.2 Å². The van der Waals surface area contributed by atoms with Crippen LogP contribution < -0.4 is 5.56 Å². The van der Waals surface area contributed by atoms with E-state index in [0.29, 0.717) is 5.52 Å². The van der Waals surface area contributed by atoms with Gasteiger partial charge >= 0.3 is 0 Å². The lowest BCUT2D eigenvalue weighted by Gasteiger charge is -2.12. The number of aromatic nitrogens is 3. The van der Waals surface area contributed by atoms with Crippen LogP contribution in [-0.4, -0.2) is 45.2 Å². The molecule has 3 N–H and O–H groups in total. The highest BCUT2D eigenvalue weighted by atomic mass is 16.2. The molecule has 0 spiro atoms. The number of hydrogen-bond acceptors (Lipinski definition) is 4. The first-order valence-electron chi connectivity index (χ1n) is 9.78. The Morgan fingerprint density at radius 1 is 1.08 bits per heavy atom. The van der Waals surface area contributed by atoms with E-state index in [-0.39, 0.29) is 5.56 Å². The number of aliphatic hydroxyl groups is 1. The average molecular weight is 369 g/mol. The fourth-order valence-corrected chi connectivity index (χ4v) is 2.31. The third-order valence-corrected chi connectivity index (χ3v) is 3.14. The second kappa shape index (κ2) is 16.8. The van der Waals surface area contributed by atoms with Crippen molar-refractivity contribution in [3.05, 3.63) is 28.4 Å². The second-order valence-electron chi connectivity index (χ2n) is 5.98. The molecule has 1 aliphatic rings. The number of hydrogen-bond donors (Lipinski definition) is 3. The molecule has 0 bridgehead atoms. The molecule has 1 fully saturated rings. The topological polar surface area (TPSA) is 85.0 Å². The quantitative estimate of drug-likeness (QED) is 0.742. The fraction of sp³-hybridized carbons (Fsp3) is 0.700. The van der Waals surface area contributed by atoms with Gasteiger partial charge in [0.1, 0.15) is 5.52 Å². The van der Waals surface area contributed by atoms with Crippen LogP contribution in [0.25, 0.3) is 11.0 Å². The second-order valence-corrected chi connectivity index (χ2v) is 5.98. The summed E-state index contributed by atoms with van der Waals surface area (Å²) < 4.78 is 0. The van der Waals surface area contributed by atoms with E-state index in [0.717, 1.165) is 43.7 Å². The maximum absolute atomic E-state index is 11.5. The van der Waals surface area contributed by atoms with E-state index in [1.165, 1.54) is 19.2 Å². The van der Waals surface area contributed by atoms with Crippen LogP contribution in [-0.2, 0) is 6.54 Å². The van der Waals surface area contributed by atoms with Crippen molar-refractivity contribution in [1.29, 1.82) is 0 Å². The minimum absolute atomic E-state index is 0.0994. The van der Waals surface area contributed by atoms with Crippen molar-refractivity contribution in [2.24, 2.45) is 5.92 Å². The Hall–Kier alpha value is -1.66. The van der Waals surface area contributed by atoms with Crippen LogP contribution in [0, 0.1) is 5.92 Å². The van der Waals surface area contributed by atoms with Crippen LogP contribution in [0.3, 0.4) is 0 Å². The van der Waals surface area contributed by atoms with Gasteiger partial charge in [-0.05, 0) is 31.8 Å². The lowest BCUT2D eigenvalue weighted by atomic mass is 10.2. The third-order valence-electron chi connectivity index (χ3n) is 3.14. The first kappa shape index (κ1) is 26.6. The molecule has 1 saturated heterocycles. The molecule has 0 saturated carbocycles. The fourth-order valence-electron chi connectivity index (χ4n) is 2.31. The van der Waals surface area contributed by atoms with E-state index in [4.69, 9.17) is 5.11 Å². The number of aliphatic hydroxyl groups excluding tert-OH is 1. The van der Waals surface area contributed by atoms with Crippen molar-refractivity contribution in [2.45, 2.75) is 67.9 Å². The number of likely N-dealkylation sites (tertiary alicyclic amines) is 1. The molecule has 152 valence electrons. The highest BCUT2D eigenvalue weighted by Gasteiger charge is 2.15. The molecule has 0 amide bonds. The van der Waals surface area contributed by atoms with Gasteiger partial charge in [0.25, 0.3) is 5.56 Å². The van der Waals surface area contributed by atoms with Gasteiger partial charge in [-0.15, -0.1) is 0 Å². The summed E-state index contributed by atoms with van der Waals surface area (Å²) in [5, 5.41) is 7.00. The molecule has 3 heterocycles. The average Bonchev–Trinajstić information content (AvgIpc) is 3.31. The van der Waals surface area contributed by atoms with Crippen LogP contribution in [0.4, 0.5) is 0 Å². The normalized spacial score (nSPS) is 12.7. The van der Waals surface area contributed by atoms with Crippen molar-refractivity contribution in [1.82, 2.24) is 19.9 Å². The summed E-state index contributed by atoms with van der Waals surface area (Å²) in [6.07, 6.45) is 5.91. The molecule has 1 aliphatic heterocycles. The van der Waals surface area contributed by atoms with Gasteiger partial charge in [-0.25, -0.2) is 4.98 Å². The predicted octanol–water partition coefficient (Wildman–Crippen LogP) is 4.17. The van der Waals surface area contributed by atoms with E-state index < -0.39 is 0 Å². The van der Waals surface area contributed by atoms with Gasteiger partial charge in [0.2, 0.25) is 0 Å². The minimum Gasteiger partial charge on any atom is -0.400 e. The Morgan fingerprint density at radius 2 is 1.58 bits per heavy atom. The zero-order valence-corrected chi connectivity index (χ0v) is 18.0. The van der Waals surface area contributed by atoms with Gasteiger partial charge in [0.15, 0.2) is 0 Å². The van der Waals surface area contributed by atoms with Gasteiger partial charge in [0.05, 0.1) is 11.8 Å². The van der Waals surface area contributed by atoms with E-state index >= 15 is 0 Å². The van der Waals surface area contributed by atoms with E-state index in [1.54, 1.807) is 0 Å². The van der Waals surface area contributed by atoms with E-state index in [9.17, 15) is 4.79 Å². The predicted molar refractivity (Wildman–Crippen MR) is 113 cm³/mol. The SMILES string of the molecule is CC.CC.CC(C)C.CO.O=c1[nH]cnc2c(CN3CCCC3)c[nH]c12. The Bertz CT molecular complexity index is 596. The van der Waals surface area contributed by atoms with Gasteiger partial charge < -0.3 is 15.1 Å². The smallest absolute Gasteiger partial charge is 0.275 e. The van der Waals surface area contributed by atoms with Crippen molar-refractivity contribution >= 4 is 11.0 Å². The zero-order valence-electron chi connectivity index (χ0n) is 18.0. The summed E-state index contributed by atoms with van der Waals surface area (Å²) in [5.41, 5.74) is 2.40. The van der Waals surface area contributed by atoms with Crippen LogP contribution in [0.1, 0.15) is 66.9 Å². The highest BCUT2D eigenvalue weighted by molar-refractivity contribution is 5.77. The van der Waals surface area contributed by atoms with Gasteiger partial charge in [0, 0.05) is 25.4 Å². The Labute approximate surface area is 159 Å². The summed E-state index contributed by atoms with van der Waals surface area (Å²) in [6.45, 7) is 17.7. The van der Waals surface area contributed by atoms with Crippen LogP contribution in [0.15, 0.2) is 17.3 Å². The van der Waals surface area contributed by atoms with Crippen molar-refractivity contribution in [3.63, 3.8) is 0 Å². The molecule has 2 aromatic heterocycles. The molecule has 0 atom stereocenters. The van der Waals surface area contributed by atoms with Gasteiger partial charge in [-0.2, -0.15) is 0 Å². The number of rotatable bonds is 2. The maximum atomic E-state index is 11.5. The number of aromatic amines is 2. The molecule has 6 nitrogen and oxygen atoms in total. The standard InChI is InChI=1S/C11H14N4O.C4H10.2C2H6.CH4O/c16-11-10-9(13-7-14-11)8(5-12-10)6-15-3-1-2-4-15;1-4(2)3;3*1-2/h5,7,12H,1-4,6H2,(H,13,14,16);4H,1-3H3;2*1-2H3;2H,1H3. The maximum Gasteiger partial charge on any atom is 0.275 e. The summed E-state index contributed by atoms with van der Waals surface area (Å²) in [6, 6.07) is 0. The zero-order chi connectivity index (χ0) is 20.5. The molecular formula is C20H40N4O2. The van der Waals surface area contributed by atoms with E-state index in [1.807, 2.05) is 33.9 Å². The molecule has 26 heavy (non-hydrogen) atoms. The number of H-pyrrole nitrogens is 2. The highest BCUT2D eigenvalue weighted by Crippen LogP contribution is 2.17. The first-order chi connectivity index (χ1) is 12.6. The number of nitrogens with zero attached hydrogens (tertiary/aromatic N) is 2. The summed E-state index contributed by atoms with van der Waals surface area (Å²) >= 11 is 0. The van der Waals surface area contributed by atoms with Crippen LogP contribution >= 0.6 is 0 Å². The van der Waals surface area contributed by atoms with Crippen LogP contribution in [0.2, 0.25) is 0 Å². The lowest BCUT2D eigenvalue weighted by Crippen LogP contribution is -2.18. The number of nitrogens with one attached hydrogen (secondary N) is 2. The van der Waals surface area contributed by atoms with Gasteiger partial charge in [-0.1, -0.05) is 48.5 Å². The monoisotopic (exact) mass is 368 g/mol. The van der Waals surface area contributed by atoms with Gasteiger partial charge in [-0.3, -0.25) is 9.69 Å². The summed E-state index contributed by atoms with van der Waals surface area (Å²) in [7, 11) is 1.00. The number of fused-ring (bicyclic) bond motifs is 1. The molecule has 6 heteroatoms. The molecular weight excluding hydrogens is 328 g/mol. The molecule has 3 rings (SSSR count). The first-order valence-corrected chi connectivity index (χ1v) is 9.78. The van der Waals surface area contributed by atoms with Crippen LogP contribution in [0.5, 0.6) is 0 Å². The lowest BCUT2D eigenvalue weighted by molar-refractivity contribution is 0.332. The molecule has 0 radical (unpaired) electrons. The molecule has 0 aromatic carbocycles. The molecule has 0 unspecified atom stereocenters. The van der Waals surface area contributed by atoms with Crippen molar-refractivity contribution in [3.8, 4) is 0 Å². The Balaban J connectivity index is 0. The Kier molecular flexibility index (Phi) is 17.2. The molecule has 2 aromatic rings. The third kappa shape index (κ3) is 9.73. The minimum atomic E-state index is -0.0994.